The van der Waals surface area contributed by atoms with Crippen molar-refractivity contribution in [3.8, 4) is 5.95 Å². The van der Waals surface area contributed by atoms with E-state index in [1.165, 1.54) is 0 Å². The fourth-order valence-electron chi connectivity index (χ4n) is 8.70. The fraction of sp³-hybridized carbons (Fsp3) is 0.821. The molecule has 0 radical (unpaired) electrons. The van der Waals surface area contributed by atoms with Crippen LogP contribution in [0.25, 0.3) is 0 Å². The molecule has 222 valence electrons. The number of ether oxygens (including phenoxy) is 5. The summed E-state index contributed by atoms with van der Waals surface area (Å²) in [5.74, 6) is -0.200. The maximum atomic E-state index is 12.6. The Balaban J connectivity index is 1.06. The van der Waals surface area contributed by atoms with Gasteiger partial charge in [0.1, 0.15) is 36.6 Å². The van der Waals surface area contributed by atoms with Crippen LogP contribution in [0, 0.1) is 17.3 Å². The summed E-state index contributed by atoms with van der Waals surface area (Å²) in [6, 6.07) is 0. The zero-order valence-electron chi connectivity index (χ0n) is 22.8. The summed E-state index contributed by atoms with van der Waals surface area (Å²) in [6.07, 6.45) is -3.46. The van der Waals surface area contributed by atoms with Gasteiger partial charge < -0.3 is 53.6 Å². The predicted molar refractivity (Wildman–Crippen MR) is 132 cm³/mol. The van der Waals surface area contributed by atoms with Crippen molar-refractivity contribution in [1.29, 1.82) is 0 Å². The average Bonchev–Trinajstić information content (AvgIpc) is 3.81. The van der Waals surface area contributed by atoms with Crippen molar-refractivity contribution in [2.75, 3.05) is 13.2 Å². The molecule has 4 heterocycles. The zero-order valence-corrected chi connectivity index (χ0v) is 22.8. The van der Waals surface area contributed by atoms with Crippen LogP contribution in [0.2, 0.25) is 0 Å². The van der Waals surface area contributed by atoms with E-state index in [9.17, 15) is 30.3 Å². The second-order valence-corrected chi connectivity index (χ2v) is 13.0. The number of hydrogen-bond acceptors (Lipinski definition) is 12. The summed E-state index contributed by atoms with van der Waals surface area (Å²) in [6.45, 7) is 5.29. The molecule has 3 aliphatic heterocycles. The van der Waals surface area contributed by atoms with Crippen LogP contribution in [0.15, 0.2) is 10.7 Å². The molecule has 2 saturated carbocycles. The number of esters is 1. The topological polar surface area (TPSA) is 184 Å². The van der Waals surface area contributed by atoms with E-state index in [-0.39, 0.29) is 35.4 Å². The maximum absolute atomic E-state index is 12.6. The molecule has 3 saturated heterocycles. The zero-order chi connectivity index (χ0) is 28.4. The first kappa shape index (κ1) is 27.2. The van der Waals surface area contributed by atoms with Crippen LogP contribution in [-0.2, 0) is 30.2 Å². The number of carbonyl (C=O) groups is 1. The number of hydrogen-bond donors (Lipinski definition) is 5. The molecule has 2 spiro atoms. The second kappa shape index (κ2) is 8.95. The molecule has 1 aromatic heterocycles. The van der Waals surface area contributed by atoms with Crippen LogP contribution < -0.4 is 4.74 Å². The summed E-state index contributed by atoms with van der Waals surface area (Å²) in [5, 5.41) is 50.8. The van der Waals surface area contributed by atoms with Crippen molar-refractivity contribution >= 4 is 5.97 Å². The third-order valence-electron chi connectivity index (χ3n) is 10.9. The Kier molecular flexibility index (Phi) is 6.09. The minimum Gasteiger partial charge on any atom is -0.433 e. The second-order valence-electron chi connectivity index (χ2n) is 13.0. The number of furan rings is 1. The lowest BCUT2D eigenvalue weighted by Crippen LogP contribution is -2.66. The molecule has 0 bridgehead atoms. The van der Waals surface area contributed by atoms with Gasteiger partial charge in [-0.15, -0.1) is 0 Å². The van der Waals surface area contributed by atoms with Crippen LogP contribution in [0.4, 0.5) is 0 Å². The molecule has 0 aromatic carbocycles. The van der Waals surface area contributed by atoms with Crippen LogP contribution >= 0.6 is 0 Å². The molecule has 3 unspecified atom stereocenters. The van der Waals surface area contributed by atoms with Gasteiger partial charge in [0, 0.05) is 16.5 Å². The molecule has 7 rings (SSSR count). The monoisotopic (exact) mass is 566 g/mol. The first-order valence-electron chi connectivity index (χ1n) is 14.3. The summed E-state index contributed by atoms with van der Waals surface area (Å²) in [5.41, 5.74) is 0.289. The smallest absolute Gasteiger partial charge is 0.339 e. The van der Waals surface area contributed by atoms with E-state index < -0.39 is 67.2 Å². The van der Waals surface area contributed by atoms with Gasteiger partial charge in [-0.25, -0.2) is 4.79 Å². The van der Waals surface area contributed by atoms with Gasteiger partial charge in [0.05, 0.1) is 31.2 Å². The fourth-order valence-corrected chi connectivity index (χ4v) is 8.70. The van der Waals surface area contributed by atoms with E-state index in [1.807, 2.05) is 0 Å². The van der Waals surface area contributed by atoms with Crippen LogP contribution in [0.5, 0.6) is 5.95 Å². The van der Waals surface area contributed by atoms with Gasteiger partial charge in [0.25, 0.3) is 5.95 Å². The van der Waals surface area contributed by atoms with E-state index in [4.69, 9.17) is 28.1 Å². The first-order valence-corrected chi connectivity index (χ1v) is 14.3. The highest BCUT2D eigenvalue weighted by atomic mass is 16.7. The molecule has 0 amide bonds. The molecule has 5 fully saturated rings. The van der Waals surface area contributed by atoms with Gasteiger partial charge in [-0.1, -0.05) is 20.8 Å². The van der Waals surface area contributed by atoms with E-state index in [0.29, 0.717) is 12.3 Å². The molecule has 6 aliphatic rings. The summed E-state index contributed by atoms with van der Waals surface area (Å²) < 4.78 is 34.8. The number of aliphatic hydroxyl groups excluding tert-OH is 5. The van der Waals surface area contributed by atoms with Gasteiger partial charge in [-0.2, -0.15) is 0 Å². The standard InChI is InChI=1S/C28H38O12/c1-11(2)13-6-18-28(40-18)26(3)5-4-12-14(15(26)7-17-27(28,39-17)23(13)34)9-35-24(12)38-19(30)10-36-25-22(33)21(32)20(31)16(8-29)37-25/h9,11,13,15-18,20-23,25,29,31-34H,4-8,10H2,1-3H3/t13?,15?,16-,17+,18+,20-,21+,22?,23-,25-,26+,27-,28-/m1/s1. The number of fused-ring (bicyclic) bond motifs is 3. The number of carbonyl (C=O) groups excluding carboxylic acids is 1. The van der Waals surface area contributed by atoms with E-state index >= 15 is 0 Å². The van der Waals surface area contributed by atoms with Crippen LogP contribution in [-0.4, -0.2) is 105 Å². The van der Waals surface area contributed by atoms with E-state index in [1.54, 1.807) is 6.26 Å². The largest absolute Gasteiger partial charge is 0.433 e. The number of aliphatic hydroxyl groups is 5. The summed E-state index contributed by atoms with van der Waals surface area (Å²) >= 11 is 0. The van der Waals surface area contributed by atoms with Gasteiger partial charge in [-0.05, 0) is 43.4 Å². The summed E-state index contributed by atoms with van der Waals surface area (Å²) in [4.78, 5) is 12.6. The highest BCUT2D eigenvalue weighted by molar-refractivity contribution is 5.73. The lowest BCUT2D eigenvalue weighted by atomic mass is 9.47. The highest BCUT2D eigenvalue weighted by Crippen LogP contribution is 2.80. The molecule has 1 aromatic rings. The Bertz CT molecular complexity index is 1180. The number of rotatable bonds is 6. The van der Waals surface area contributed by atoms with Gasteiger partial charge >= 0.3 is 5.97 Å². The van der Waals surface area contributed by atoms with Crippen molar-refractivity contribution < 1.29 is 58.4 Å². The Morgan fingerprint density at radius 1 is 1.10 bits per heavy atom. The maximum Gasteiger partial charge on any atom is 0.339 e. The van der Waals surface area contributed by atoms with Crippen molar-refractivity contribution in [2.24, 2.45) is 17.3 Å². The van der Waals surface area contributed by atoms with Crippen LogP contribution in [0.3, 0.4) is 0 Å². The predicted octanol–water partition coefficient (Wildman–Crippen LogP) is -0.247. The lowest BCUT2D eigenvalue weighted by Gasteiger charge is -2.54. The lowest BCUT2D eigenvalue weighted by molar-refractivity contribution is -0.300. The SMILES string of the molecule is CC(C)C1C[C@@H]2O[C@]23[C@]2(O[C@H]2CC2c4coc(OC(=O)CO[C@@H]5O[C@H](CO)[C@@H](O)[C@H](O)C5O)c4CC[C@@]23C)[C@@H]1O. The van der Waals surface area contributed by atoms with Crippen LogP contribution in [0.1, 0.15) is 57.1 Å². The molecule has 40 heavy (non-hydrogen) atoms. The molecule has 13 atom stereocenters. The first-order chi connectivity index (χ1) is 19.0. The highest BCUT2D eigenvalue weighted by Gasteiger charge is 2.92. The Morgan fingerprint density at radius 2 is 1.88 bits per heavy atom. The Morgan fingerprint density at radius 3 is 2.60 bits per heavy atom. The van der Waals surface area contributed by atoms with Crippen molar-refractivity contribution in [1.82, 2.24) is 0 Å². The molecule has 12 nitrogen and oxygen atoms in total. The van der Waals surface area contributed by atoms with E-state index in [2.05, 4.69) is 20.8 Å². The Labute approximate surface area is 231 Å². The minimum absolute atomic E-state index is 0.0474. The molecular weight excluding hydrogens is 528 g/mol. The normalized spacial score (nSPS) is 50.2. The minimum atomic E-state index is -1.62. The average molecular weight is 567 g/mol. The quantitative estimate of drug-likeness (QED) is 0.225. The van der Waals surface area contributed by atoms with Gasteiger partial charge in [0.2, 0.25) is 0 Å². The Hall–Kier alpha value is -1.61. The van der Waals surface area contributed by atoms with Crippen molar-refractivity contribution in [2.45, 2.75) is 113 Å². The molecule has 12 heteroatoms. The van der Waals surface area contributed by atoms with Gasteiger partial charge in [-0.3, -0.25) is 0 Å². The number of epoxide rings is 2. The van der Waals surface area contributed by atoms with Crippen molar-refractivity contribution in [3.05, 3.63) is 17.4 Å². The molecule has 3 aliphatic carbocycles. The van der Waals surface area contributed by atoms with E-state index in [0.717, 1.165) is 30.4 Å². The van der Waals surface area contributed by atoms with Crippen molar-refractivity contribution in [3.63, 3.8) is 0 Å². The molecular formula is C28H38O12. The third kappa shape index (κ3) is 3.36. The third-order valence-corrected chi connectivity index (χ3v) is 10.9. The molecule has 5 N–H and O–H groups in total. The summed E-state index contributed by atoms with van der Waals surface area (Å²) in [7, 11) is 0. The van der Waals surface area contributed by atoms with Gasteiger partial charge in [0.15, 0.2) is 11.9 Å².